The van der Waals surface area contributed by atoms with Gasteiger partial charge in [0.2, 0.25) is 0 Å². The second kappa shape index (κ2) is 10.8. The van der Waals surface area contributed by atoms with Gasteiger partial charge in [0.25, 0.3) is 0 Å². The number of rotatable bonds is 7. The molecule has 1 fully saturated rings. The molecule has 1 saturated heterocycles. The lowest BCUT2D eigenvalue weighted by molar-refractivity contribution is -0.138. The number of anilines is 3. The molecule has 0 spiro atoms. The third-order valence-electron chi connectivity index (χ3n) is 6.57. The van der Waals surface area contributed by atoms with Gasteiger partial charge in [-0.2, -0.15) is 26.3 Å². The van der Waals surface area contributed by atoms with Gasteiger partial charge < -0.3 is 10.6 Å². The Labute approximate surface area is 224 Å². The third kappa shape index (κ3) is 5.88. The van der Waals surface area contributed by atoms with Gasteiger partial charge in [-0.3, -0.25) is 4.90 Å². The number of hydrogen-bond acceptors (Lipinski definition) is 9. The minimum absolute atomic E-state index is 0.00132. The molecule has 5 heterocycles. The number of nitrogens with one attached hydrogen (secondary N) is 2. The molecule has 1 aliphatic rings. The van der Waals surface area contributed by atoms with E-state index in [4.69, 9.17) is 0 Å². The van der Waals surface area contributed by atoms with Crippen molar-refractivity contribution in [1.82, 2.24) is 35.0 Å². The molecule has 40 heavy (non-hydrogen) atoms. The molecule has 4 aromatic heterocycles. The molecule has 1 aliphatic heterocycles. The fourth-order valence-electron chi connectivity index (χ4n) is 4.56. The Hall–Kier alpha value is -4.14. The van der Waals surface area contributed by atoms with Crippen LogP contribution in [0, 0.1) is 0 Å². The van der Waals surface area contributed by atoms with Crippen LogP contribution in [-0.4, -0.2) is 60.7 Å². The van der Waals surface area contributed by atoms with E-state index in [1.54, 1.807) is 0 Å². The highest BCUT2D eigenvalue weighted by atomic mass is 19.4. The first-order chi connectivity index (χ1) is 19.0. The van der Waals surface area contributed by atoms with Crippen LogP contribution in [0.3, 0.4) is 0 Å². The first kappa shape index (κ1) is 27.4. The predicted molar refractivity (Wildman–Crippen MR) is 135 cm³/mol. The van der Waals surface area contributed by atoms with Crippen LogP contribution in [0.25, 0.3) is 22.6 Å². The Bertz CT molecular complexity index is 1490. The average Bonchev–Trinajstić information content (AvgIpc) is 3.39. The number of fused-ring (bicyclic) bond motifs is 1. The SMILES string of the molecule is CCN1CCCC1CNc1cc(C(F)(F)F)c(-c2cnc3c(Nc4ccc(C(F)(F)F)cn4)ccnc3n2)nn1. The van der Waals surface area contributed by atoms with Crippen LogP contribution in [0.1, 0.15) is 30.9 Å². The maximum atomic E-state index is 14.0. The molecule has 0 aromatic carbocycles. The van der Waals surface area contributed by atoms with Crippen LogP contribution in [0.15, 0.2) is 42.9 Å². The third-order valence-corrected chi connectivity index (χ3v) is 6.57. The van der Waals surface area contributed by atoms with Gasteiger partial charge in [-0.1, -0.05) is 6.92 Å². The highest BCUT2D eigenvalue weighted by molar-refractivity contribution is 5.87. The summed E-state index contributed by atoms with van der Waals surface area (Å²) < 4.78 is 80.6. The number of likely N-dealkylation sites (tertiary alicyclic amines) is 1. The summed E-state index contributed by atoms with van der Waals surface area (Å²) in [5.74, 6) is 0.0979. The van der Waals surface area contributed by atoms with Crippen LogP contribution in [-0.2, 0) is 12.4 Å². The van der Waals surface area contributed by atoms with Crippen molar-refractivity contribution in [3.8, 4) is 11.4 Å². The molecule has 15 heteroatoms. The van der Waals surface area contributed by atoms with E-state index in [1.807, 2.05) is 6.92 Å². The predicted octanol–water partition coefficient (Wildman–Crippen LogP) is 5.55. The Morgan fingerprint density at radius 2 is 1.77 bits per heavy atom. The molecular weight excluding hydrogens is 540 g/mol. The van der Waals surface area contributed by atoms with Crippen LogP contribution in [0.5, 0.6) is 0 Å². The van der Waals surface area contributed by atoms with Crippen molar-refractivity contribution in [3.05, 3.63) is 54.0 Å². The van der Waals surface area contributed by atoms with E-state index in [9.17, 15) is 26.3 Å². The molecule has 9 nitrogen and oxygen atoms in total. The maximum Gasteiger partial charge on any atom is 0.418 e. The van der Waals surface area contributed by atoms with Gasteiger partial charge in [0.1, 0.15) is 28.5 Å². The van der Waals surface area contributed by atoms with Gasteiger partial charge in [0, 0.05) is 25.0 Å². The first-order valence-corrected chi connectivity index (χ1v) is 12.4. The lowest BCUT2D eigenvalue weighted by Crippen LogP contribution is -2.34. The minimum atomic E-state index is -4.74. The highest BCUT2D eigenvalue weighted by Crippen LogP contribution is 2.37. The van der Waals surface area contributed by atoms with Crippen molar-refractivity contribution in [2.24, 2.45) is 0 Å². The molecule has 0 bridgehead atoms. The first-order valence-electron chi connectivity index (χ1n) is 12.4. The standard InChI is InChI=1S/C25H23F6N9/c1-2-40-9-3-4-15(40)12-34-20-10-16(25(29,30)31)21(39-38-20)18-13-35-22-17(7-8-32-23(22)37-18)36-19-6-5-14(11-33-19)24(26,27)28/h5-8,10-11,13,15H,2-4,9,12H2,1H3,(H,34,38)(H,32,33,36,37). The summed E-state index contributed by atoms with van der Waals surface area (Å²) in [6.45, 7) is 4.30. The number of pyridine rings is 2. The summed E-state index contributed by atoms with van der Waals surface area (Å²) >= 11 is 0. The van der Waals surface area contributed by atoms with Crippen molar-refractivity contribution < 1.29 is 26.3 Å². The number of hydrogen-bond donors (Lipinski definition) is 2. The number of alkyl halides is 6. The molecule has 0 radical (unpaired) electrons. The fourth-order valence-corrected chi connectivity index (χ4v) is 4.56. The topological polar surface area (TPSA) is 105 Å². The molecule has 1 atom stereocenters. The fraction of sp³-hybridized carbons (Fsp3) is 0.360. The molecule has 0 amide bonds. The second-order valence-corrected chi connectivity index (χ2v) is 9.14. The molecule has 210 valence electrons. The summed E-state index contributed by atoms with van der Waals surface area (Å²) in [6, 6.07) is 4.61. The van der Waals surface area contributed by atoms with Crippen molar-refractivity contribution >= 4 is 28.5 Å². The van der Waals surface area contributed by atoms with E-state index in [2.05, 4.69) is 45.7 Å². The minimum Gasteiger partial charge on any atom is -0.367 e. The van der Waals surface area contributed by atoms with Crippen LogP contribution in [0.2, 0.25) is 0 Å². The second-order valence-electron chi connectivity index (χ2n) is 9.14. The summed E-state index contributed by atoms with van der Waals surface area (Å²) in [7, 11) is 0. The van der Waals surface area contributed by atoms with Gasteiger partial charge in [-0.15, -0.1) is 10.2 Å². The van der Waals surface area contributed by atoms with Crippen molar-refractivity contribution in [2.45, 2.75) is 38.2 Å². The van der Waals surface area contributed by atoms with E-state index >= 15 is 0 Å². The number of halogens is 6. The van der Waals surface area contributed by atoms with Gasteiger partial charge in [-0.05, 0) is 50.2 Å². The van der Waals surface area contributed by atoms with Gasteiger partial charge in [0.05, 0.1) is 23.0 Å². The molecule has 5 rings (SSSR count). The molecule has 1 unspecified atom stereocenters. The summed E-state index contributed by atoms with van der Waals surface area (Å²) in [5, 5.41) is 13.6. The van der Waals surface area contributed by atoms with Gasteiger partial charge in [0.15, 0.2) is 5.65 Å². The van der Waals surface area contributed by atoms with E-state index < -0.39 is 29.2 Å². The van der Waals surface area contributed by atoms with Crippen molar-refractivity contribution in [1.29, 1.82) is 0 Å². The van der Waals surface area contributed by atoms with Crippen molar-refractivity contribution in [3.63, 3.8) is 0 Å². The largest absolute Gasteiger partial charge is 0.418 e. The van der Waals surface area contributed by atoms with Gasteiger partial charge in [-0.25, -0.2) is 19.9 Å². The van der Waals surface area contributed by atoms with Crippen molar-refractivity contribution in [2.75, 3.05) is 30.3 Å². The quantitative estimate of drug-likeness (QED) is 0.280. The Morgan fingerprint density at radius 1 is 0.950 bits per heavy atom. The summed E-state index contributed by atoms with van der Waals surface area (Å²) in [5.41, 5.74) is -2.17. The molecule has 0 saturated carbocycles. The van der Waals surface area contributed by atoms with E-state index in [0.717, 1.165) is 50.3 Å². The van der Waals surface area contributed by atoms with Gasteiger partial charge >= 0.3 is 12.4 Å². The lowest BCUT2D eigenvalue weighted by Gasteiger charge is -2.23. The zero-order chi connectivity index (χ0) is 28.5. The normalized spacial score (nSPS) is 16.4. The monoisotopic (exact) mass is 563 g/mol. The molecular formula is C25H23F6N9. The van der Waals surface area contributed by atoms with Crippen LogP contribution < -0.4 is 10.6 Å². The smallest absolute Gasteiger partial charge is 0.367 e. The lowest BCUT2D eigenvalue weighted by atomic mass is 10.1. The Morgan fingerprint density at radius 3 is 2.48 bits per heavy atom. The van der Waals surface area contributed by atoms with E-state index in [0.29, 0.717) is 18.4 Å². The molecule has 4 aromatic rings. The summed E-state index contributed by atoms with van der Waals surface area (Å²) in [4.78, 5) is 18.5. The number of nitrogens with zero attached hydrogens (tertiary/aromatic N) is 7. The molecule has 2 N–H and O–H groups in total. The average molecular weight is 564 g/mol. The molecule has 0 aliphatic carbocycles. The van der Waals surface area contributed by atoms with Crippen LogP contribution in [0.4, 0.5) is 43.7 Å². The number of aromatic nitrogens is 6. The zero-order valence-corrected chi connectivity index (χ0v) is 21.1. The number of likely N-dealkylation sites (N-methyl/N-ethyl adjacent to an activating group) is 1. The maximum absolute atomic E-state index is 14.0. The van der Waals surface area contributed by atoms with E-state index in [-0.39, 0.29) is 34.5 Å². The zero-order valence-electron chi connectivity index (χ0n) is 21.1. The highest BCUT2D eigenvalue weighted by Gasteiger charge is 2.36. The Balaban J connectivity index is 1.41. The van der Waals surface area contributed by atoms with Crippen LogP contribution >= 0.6 is 0 Å². The van der Waals surface area contributed by atoms with E-state index in [1.165, 1.54) is 12.3 Å². The Kier molecular flexibility index (Phi) is 7.40. The summed E-state index contributed by atoms with van der Waals surface area (Å²) in [6.07, 6.45) is -4.17.